The standard InChI is InChI=1S/C20H23N3O3/c1-14-12-17(21-26-14)19-8-5-9-23(19)20(24)16-13-22(10-11-25-2)18-7-4-3-6-15(16)18/h3-4,6-7,12-13,19H,5,8-11H2,1-2H3/t19-/m1/s1. The molecule has 2 aromatic heterocycles. The van der Waals surface area contributed by atoms with Crippen molar-refractivity contribution in [3.63, 3.8) is 0 Å². The SMILES string of the molecule is COCCn1cc(C(=O)N2CCC[C@@H]2c2cc(C)on2)c2ccccc21. The normalized spacial score (nSPS) is 17.3. The van der Waals surface area contributed by atoms with Gasteiger partial charge in [-0.05, 0) is 25.8 Å². The minimum absolute atomic E-state index is 0.0129. The summed E-state index contributed by atoms with van der Waals surface area (Å²) in [5.41, 5.74) is 2.64. The molecule has 0 radical (unpaired) electrons. The maximum atomic E-state index is 13.4. The van der Waals surface area contributed by atoms with Crippen LogP contribution >= 0.6 is 0 Å². The Morgan fingerprint density at radius 1 is 1.38 bits per heavy atom. The van der Waals surface area contributed by atoms with E-state index in [1.807, 2.05) is 48.4 Å². The van der Waals surface area contributed by atoms with Crippen LogP contribution in [0.2, 0.25) is 0 Å². The van der Waals surface area contributed by atoms with Gasteiger partial charge in [0.05, 0.1) is 18.2 Å². The highest BCUT2D eigenvalue weighted by atomic mass is 16.5. The second-order valence-electron chi connectivity index (χ2n) is 6.77. The van der Waals surface area contributed by atoms with Crippen molar-refractivity contribution >= 4 is 16.8 Å². The molecule has 0 aliphatic carbocycles. The molecule has 4 rings (SSSR count). The Labute approximate surface area is 152 Å². The highest BCUT2D eigenvalue weighted by molar-refractivity contribution is 6.07. The van der Waals surface area contributed by atoms with Crippen LogP contribution in [0, 0.1) is 6.92 Å². The number of methoxy groups -OCH3 is 1. The van der Waals surface area contributed by atoms with Crippen LogP contribution in [0.4, 0.5) is 0 Å². The number of ether oxygens (including phenoxy) is 1. The van der Waals surface area contributed by atoms with E-state index in [1.165, 1.54) is 0 Å². The molecule has 3 aromatic rings. The Hall–Kier alpha value is -2.60. The maximum Gasteiger partial charge on any atom is 0.256 e. The van der Waals surface area contributed by atoms with Gasteiger partial charge in [0.1, 0.15) is 11.5 Å². The molecule has 0 spiro atoms. The monoisotopic (exact) mass is 353 g/mol. The van der Waals surface area contributed by atoms with E-state index in [0.717, 1.165) is 53.9 Å². The number of aromatic nitrogens is 2. The van der Waals surface area contributed by atoms with E-state index >= 15 is 0 Å². The fourth-order valence-electron chi connectivity index (χ4n) is 3.81. The number of amides is 1. The van der Waals surface area contributed by atoms with Crippen LogP contribution in [-0.2, 0) is 11.3 Å². The molecule has 1 saturated heterocycles. The number of aryl methyl sites for hydroxylation is 1. The first kappa shape index (κ1) is 16.8. The number of benzene rings is 1. The molecule has 1 aliphatic rings. The lowest BCUT2D eigenvalue weighted by Crippen LogP contribution is -2.30. The second-order valence-corrected chi connectivity index (χ2v) is 6.77. The molecular formula is C20H23N3O3. The van der Waals surface area contributed by atoms with Gasteiger partial charge in [-0.25, -0.2) is 0 Å². The zero-order valence-corrected chi connectivity index (χ0v) is 15.1. The first-order valence-electron chi connectivity index (χ1n) is 9.00. The number of likely N-dealkylation sites (tertiary alicyclic amines) is 1. The number of carbonyl (C=O) groups excluding carboxylic acids is 1. The highest BCUT2D eigenvalue weighted by Crippen LogP contribution is 2.34. The zero-order valence-electron chi connectivity index (χ0n) is 15.1. The largest absolute Gasteiger partial charge is 0.383 e. The van der Waals surface area contributed by atoms with Crippen molar-refractivity contribution in [1.29, 1.82) is 0 Å². The van der Waals surface area contributed by atoms with Crippen LogP contribution in [-0.4, -0.2) is 40.8 Å². The van der Waals surface area contributed by atoms with Crippen molar-refractivity contribution in [2.75, 3.05) is 20.3 Å². The molecule has 0 unspecified atom stereocenters. The van der Waals surface area contributed by atoms with Gasteiger partial charge in [-0.1, -0.05) is 23.4 Å². The molecule has 1 fully saturated rings. The van der Waals surface area contributed by atoms with Crippen molar-refractivity contribution in [3.8, 4) is 0 Å². The summed E-state index contributed by atoms with van der Waals surface area (Å²) >= 11 is 0. The summed E-state index contributed by atoms with van der Waals surface area (Å²) in [6.45, 7) is 3.95. The maximum absolute atomic E-state index is 13.4. The lowest BCUT2D eigenvalue weighted by atomic mass is 10.1. The first-order chi connectivity index (χ1) is 12.7. The highest BCUT2D eigenvalue weighted by Gasteiger charge is 2.33. The molecule has 136 valence electrons. The Balaban J connectivity index is 1.69. The molecule has 1 aliphatic heterocycles. The molecular weight excluding hydrogens is 330 g/mol. The van der Waals surface area contributed by atoms with E-state index in [-0.39, 0.29) is 11.9 Å². The number of para-hydroxylation sites is 1. The van der Waals surface area contributed by atoms with Crippen molar-refractivity contribution < 1.29 is 14.1 Å². The first-order valence-corrected chi connectivity index (χ1v) is 9.00. The summed E-state index contributed by atoms with van der Waals surface area (Å²) in [4.78, 5) is 15.3. The lowest BCUT2D eigenvalue weighted by molar-refractivity contribution is 0.0732. The number of rotatable bonds is 5. The Kier molecular flexibility index (Phi) is 4.51. The number of carbonyl (C=O) groups is 1. The van der Waals surface area contributed by atoms with Gasteiger partial charge in [-0.15, -0.1) is 0 Å². The summed E-state index contributed by atoms with van der Waals surface area (Å²) in [6.07, 6.45) is 3.85. The quantitative estimate of drug-likeness (QED) is 0.704. The van der Waals surface area contributed by atoms with Gasteiger partial charge < -0.3 is 18.7 Å². The topological polar surface area (TPSA) is 60.5 Å². The molecule has 0 bridgehead atoms. The van der Waals surface area contributed by atoms with Crippen molar-refractivity contribution in [3.05, 3.63) is 53.5 Å². The smallest absolute Gasteiger partial charge is 0.256 e. The Morgan fingerprint density at radius 2 is 2.23 bits per heavy atom. The van der Waals surface area contributed by atoms with Crippen LogP contribution in [0.25, 0.3) is 10.9 Å². The van der Waals surface area contributed by atoms with Gasteiger partial charge >= 0.3 is 0 Å². The van der Waals surface area contributed by atoms with Crippen molar-refractivity contribution in [1.82, 2.24) is 14.6 Å². The average molecular weight is 353 g/mol. The molecule has 6 nitrogen and oxygen atoms in total. The van der Waals surface area contributed by atoms with Gasteiger partial charge in [-0.2, -0.15) is 0 Å². The molecule has 3 heterocycles. The van der Waals surface area contributed by atoms with Crippen LogP contribution in [0.15, 0.2) is 41.1 Å². The third kappa shape index (κ3) is 2.90. The molecule has 6 heteroatoms. The van der Waals surface area contributed by atoms with E-state index in [9.17, 15) is 4.79 Å². The summed E-state index contributed by atoms with van der Waals surface area (Å²) in [5.74, 6) is 0.830. The fraction of sp³-hybridized carbons (Fsp3) is 0.400. The summed E-state index contributed by atoms with van der Waals surface area (Å²) in [7, 11) is 1.69. The van der Waals surface area contributed by atoms with Crippen LogP contribution in [0.1, 0.15) is 40.7 Å². The number of nitrogens with zero attached hydrogens (tertiary/aromatic N) is 3. The average Bonchev–Trinajstić information content (AvgIpc) is 3.37. The van der Waals surface area contributed by atoms with E-state index in [2.05, 4.69) is 9.72 Å². The van der Waals surface area contributed by atoms with Crippen LogP contribution in [0.3, 0.4) is 0 Å². The van der Waals surface area contributed by atoms with Gasteiger partial charge in [0.2, 0.25) is 0 Å². The Bertz CT molecular complexity index is 927. The number of hydrogen-bond acceptors (Lipinski definition) is 4. The van der Waals surface area contributed by atoms with Gasteiger partial charge in [0.25, 0.3) is 5.91 Å². The van der Waals surface area contributed by atoms with E-state index in [1.54, 1.807) is 7.11 Å². The predicted octanol–water partition coefficient (Wildman–Crippen LogP) is 3.56. The molecule has 26 heavy (non-hydrogen) atoms. The molecule has 1 atom stereocenters. The van der Waals surface area contributed by atoms with E-state index in [0.29, 0.717) is 6.61 Å². The number of hydrogen-bond donors (Lipinski definition) is 0. The Morgan fingerprint density at radius 3 is 3.00 bits per heavy atom. The molecule has 0 saturated carbocycles. The molecule has 0 N–H and O–H groups in total. The molecule has 1 amide bonds. The van der Waals surface area contributed by atoms with Crippen molar-refractivity contribution in [2.24, 2.45) is 0 Å². The summed E-state index contributed by atoms with van der Waals surface area (Å²) in [5, 5.41) is 5.12. The van der Waals surface area contributed by atoms with Crippen molar-refractivity contribution in [2.45, 2.75) is 32.4 Å². The van der Waals surface area contributed by atoms with Crippen LogP contribution in [0.5, 0.6) is 0 Å². The van der Waals surface area contributed by atoms with Gasteiger partial charge in [0.15, 0.2) is 0 Å². The number of fused-ring (bicyclic) bond motifs is 1. The summed E-state index contributed by atoms with van der Waals surface area (Å²) in [6, 6.07) is 9.94. The fourth-order valence-corrected chi connectivity index (χ4v) is 3.81. The van der Waals surface area contributed by atoms with Gasteiger partial charge in [0, 0.05) is 43.4 Å². The minimum Gasteiger partial charge on any atom is -0.383 e. The van der Waals surface area contributed by atoms with E-state index < -0.39 is 0 Å². The minimum atomic E-state index is -0.0129. The summed E-state index contributed by atoms with van der Waals surface area (Å²) < 4.78 is 12.5. The third-order valence-corrected chi connectivity index (χ3v) is 5.06. The second kappa shape index (κ2) is 6.96. The third-order valence-electron chi connectivity index (χ3n) is 5.06. The van der Waals surface area contributed by atoms with E-state index in [4.69, 9.17) is 9.26 Å². The van der Waals surface area contributed by atoms with Crippen LogP contribution < -0.4 is 0 Å². The predicted molar refractivity (Wildman–Crippen MR) is 98.1 cm³/mol. The zero-order chi connectivity index (χ0) is 18.1. The lowest BCUT2D eigenvalue weighted by Gasteiger charge is -2.22. The molecule has 1 aromatic carbocycles. The van der Waals surface area contributed by atoms with Gasteiger partial charge in [-0.3, -0.25) is 4.79 Å².